The Balaban J connectivity index is 1.82. The van der Waals surface area contributed by atoms with Gasteiger partial charge in [0.15, 0.2) is 5.44 Å². The highest BCUT2D eigenvalue weighted by atomic mass is 32.2. The van der Waals surface area contributed by atoms with Crippen LogP contribution in [0.5, 0.6) is 11.5 Å². The van der Waals surface area contributed by atoms with E-state index in [-0.39, 0.29) is 11.8 Å². The number of aromatic hydroxyl groups is 1. The van der Waals surface area contributed by atoms with Crippen LogP contribution in [0.3, 0.4) is 0 Å². The largest absolute Gasteiger partial charge is 0.508 e. The fourth-order valence-electron chi connectivity index (χ4n) is 3.53. The summed E-state index contributed by atoms with van der Waals surface area (Å²) in [7, 11) is 3.31. The summed E-state index contributed by atoms with van der Waals surface area (Å²) in [5.74, 6) is 0.317. The first-order valence-corrected chi connectivity index (χ1v) is 11.4. The number of thioether (sulfide) groups is 1. The van der Waals surface area contributed by atoms with Gasteiger partial charge in [-0.3, -0.25) is 0 Å². The molecule has 1 heterocycles. The summed E-state index contributed by atoms with van der Waals surface area (Å²) in [6, 6.07) is 10.1. The van der Waals surface area contributed by atoms with Crippen LogP contribution < -0.4 is 10.1 Å². The van der Waals surface area contributed by atoms with Gasteiger partial charge in [-0.05, 0) is 36.2 Å². The van der Waals surface area contributed by atoms with Gasteiger partial charge in [0.1, 0.15) is 23.7 Å². The minimum Gasteiger partial charge on any atom is -0.508 e. The Bertz CT molecular complexity index is 968. The van der Waals surface area contributed by atoms with Crippen LogP contribution in [0.1, 0.15) is 16.7 Å². The second kappa shape index (κ2) is 10.6. The summed E-state index contributed by atoms with van der Waals surface area (Å²) in [6.07, 6.45) is -3.69. The molecule has 2 amide bonds. The van der Waals surface area contributed by atoms with E-state index in [1.54, 1.807) is 32.3 Å². The predicted octanol–water partition coefficient (Wildman–Crippen LogP) is 1.28. The van der Waals surface area contributed by atoms with Crippen LogP contribution in [0.25, 0.3) is 0 Å². The summed E-state index contributed by atoms with van der Waals surface area (Å²) in [5.41, 5.74) is 2.17. The van der Waals surface area contributed by atoms with E-state index in [1.807, 2.05) is 19.1 Å². The van der Waals surface area contributed by atoms with Gasteiger partial charge in [0.05, 0.1) is 18.0 Å². The minimum absolute atomic E-state index is 0.0115. The Kier molecular flexibility index (Phi) is 8.09. The molecule has 0 spiro atoms. The van der Waals surface area contributed by atoms with E-state index >= 15 is 0 Å². The van der Waals surface area contributed by atoms with Gasteiger partial charge in [0.2, 0.25) is 0 Å². The maximum absolute atomic E-state index is 11.8. The van der Waals surface area contributed by atoms with Crippen molar-refractivity contribution in [3.8, 4) is 11.5 Å². The van der Waals surface area contributed by atoms with Crippen molar-refractivity contribution in [3.63, 3.8) is 0 Å². The second-order valence-corrected chi connectivity index (χ2v) is 9.60. The molecule has 6 N–H and O–H groups in total. The molecule has 0 bridgehead atoms. The van der Waals surface area contributed by atoms with E-state index in [0.29, 0.717) is 17.9 Å². The van der Waals surface area contributed by atoms with Crippen LogP contribution in [0.4, 0.5) is 10.5 Å². The molecule has 0 aliphatic carbocycles. The van der Waals surface area contributed by atoms with Crippen LogP contribution in [0.15, 0.2) is 36.4 Å². The Hall–Kier alpha value is -2.50. The number of hydrogen-bond donors (Lipinski definition) is 6. The van der Waals surface area contributed by atoms with E-state index in [4.69, 9.17) is 4.74 Å². The number of benzene rings is 2. The molecular formula is C23H30N2O7S. The Morgan fingerprint density at radius 2 is 1.76 bits per heavy atom. The maximum Gasteiger partial charge on any atom is 0.321 e. The smallest absolute Gasteiger partial charge is 0.321 e. The quantitative estimate of drug-likeness (QED) is 0.365. The number of nitrogens with zero attached hydrogens (tertiary/aromatic N) is 1. The number of carbonyl (C=O) groups excluding carboxylic acids is 1. The zero-order chi connectivity index (χ0) is 24.3. The van der Waals surface area contributed by atoms with E-state index in [9.17, 15) is 30.3 Å². The number of urea groups is 1. The maximum atomic E-state index is 11.8. The van der Waals surface area contributed by atoms with Crippen molar-refractivity contribution in [2.24, 2.45) is 0 Å². The summed E-state index contributed by atoms with van der Waals surface area (Å²) >= 11 is 1.02. The zero-order valence-corrected chi connectivity index (χ0v) is 19.5. The number of aliphatic hydroxyl groups excluding tert-OH is 4. The van der Waals surface area contributed by atoms with Crippen LogP contribution in [0, 0.1) is 6.92 Å². The van der Waals surface area contributed by atoms with Crippen molar-refractivity contribution in [2.75, 3.05) is 26.0 Å². The van der Waals surface area contributed by atoms with E-state index in [0.717, 1.165) is 28.5 Å². The molecule has 3 rings (SSSR count). The van der Waals surface area contributed by atoms with Crippen LogP contribution in [0.2, 0.25) is 0 Å². The monoisotopic (exact) mass is 478 g/mol. The molecule has 1 aliphatic rings. The molecule has 1 saturated heterocycles. The van der Waals surface area contributed by atoms with Gasteiger partial charge in [-0.15, -0.1) is 11.8 Å². The molecule has 2 aromatic rings. The third-order valence-electron chi connectivity index (χ3n) is 5.50. The highest BCUT2D eigenvalue weighted by molar-refractivity contribution is 8.00. The minimum atomic E-state index is -1.47. The molecule has 9 nitrogen and oxygen atoms in total. The molecule has 0 radical (unpaired) electrons. The zero-order valence-electron chi connectivity index (χ0n) is 18.7. The molecule has 5 atom stereocenters. The summed E-state index contributed by atoms with van der Waals surface area (Å²) in [4.78, 5) is 13.3. The van der Waals surface area contributed by atoms with Crippen LogP contribution in [-0.2, 0) is 6.42 Å². The fraction of sp³-hybridized carbons (Fsp3) is 0.435. The number of aliphatic hydroxyl groups is 4. The Morgan fingerprint density at radius 1 is 1.09 bits per heavy atom. The lowest BCUT2D eigenvalue weighted by Gasteiger charge is -2.39. The Morgan fingerprint density at radius 3 is 2.36 bits per heavy atom. The van der Waals surface area contributed by atoms with Crippen molar-refractivity contribution >= 4 is 23.5 Å². The Labute approximate surface area is 196 Å². The number of aryl methyl sites for hydroxylation is 1. The number of anilines is 1. The number of phenols is 1. The van der Waals surface area contributed by atoms with Crippen molar-refractivity contribution in [1.82, 2.24) is 4.90 Å². The SMILES string of the molecule is Cc1cc(O)cc(O[C@@H]2S[C@H](CO)[C@@H](O)[C@H](O)[C@H]2O)c1Cc1ccc(NC(=O)N(C)C)cc1. The molecule has 180 valence electrons. The van der Waals surface area contributed by atoms with Gasteiger partial charge < -0.3 is 40.5 Å². The average molecular weight is 479 g/mol. The molecular weight excluding hydrogens is 448 g/mol. The highest BCUT2D eigenvalue weighted by Crippen LogP contribution is 2.37. The standard InChI is InChI=1S/C23H30N2O7S/c1-12-8-15(27)10-17(32-22-21(30)20(29)19(28)18(11-26)33-22)16(12)9-13-4-6-14(7-5-13)24-23(31)25(2)3/h4-8,10,18-22,26-30H,9,11H2,1-3H3,(H,24,31)/t18-,19-,20+,21-,22-/m1/s1. The van der Waals surface area contributed by atoms with Gasteiger partial charge in [0, 0.05) is 37.8 Å². The number of hydrogen-bond acceptors (Lipinski definition) is 8. The van der Waals surface area contributed by atoms with E-state index in [2.05, 4.69) is 5.32 Å². The highest BCUT2D eigenvalue weighted by Gasteiger charge is 2.44. The molecule has 1 aliphatic heterocycles. The predicted molar refractivity (Wildman–Crippen MR) is 126 cm³/mol. The lowest BCUT2D eigenvalue weighted by molar-refractivity contribution is -0.0910. The molecule has 10 heteroatoms. The number of carbonyl (C=O) groups is 1. The molecule has 0 aromatic heterocycles. The van der Waals surface area contributed by atoms with E-state index < -0.39 is 35.6 Å². The average Bonchev–Trinajstić information content (AvgIpc) is 2.77. The number of amides is 2. The fourth-order valence-corrected chi connectivity index (χ4v) is 4.77. The molecule has 0 saturated carbocycles. The lowest BCUT2D eigenvalue weighted by Crippen LogP contribution is -2.55. The molecule has 33 heavy (non-hydrogen) atoms. The first kappa shape index (κ1) is 25.1. The van der Waals surface area contributed by atoms with Crippen molar-refractivity contribution < 1.29 is 35.1 Å². The normalized spacial score (nSPS) is 24.9. The van der Waals surface area contributed by atoms with Gasteiger partial charge in [-0.1, -0.05) is 12.1 Å². The third kappa shape index (κ3) is 5.90. The summed E-state index contributed by atoms with van der Waals surface area (Å²) in [5, 5.41) is 52.2. The first-order chi connectivity index (χ1) is 15.6. The van der Waals surface area contributed by atoms with Crippen molar-refractivity contribution in [1.29, 1.82) is 0 Å². The van der Waals surface area contributed by atoms with E-state index in [1.165, 1.54) is 11.0 Å². The number of nitrogens with one attached hydrogen (secondary N) is 1. The third-order valence-corrected chi connectivity index (χ3v) is 6.92. The summed E-state index contributed by atoms with van der Waals surface area (Å²) in [6.45, 7) is 1.44. The van der Waals surface area contributed by atoms with Gasteiger partial charge >= 0.3 is 6.03 Å². The van der Waals surface area contributed by atoms with Gasteiger partial charge in [0.25, 0.3) is 0 Å². The summed E-state index contributed by atoms with van der Waals surface area (Å²) < 4.78 is 5.99. The topological polar surface area (TPSA) is 143 Å². The van der Waals surface area contributed by atoms with Gasteiger partial charge in [-0.2, -0.15) is 0 Å². The molecule has 2 aromatic carbocycles. The number of phenolic OH excluding ortho intramolecular Hbond substituents is 1. The van der Waals surface area contributed by atoms with Crippen molar-refractivity contribution in [3.05, 3.63) is 53.1 Å². The lowest BCUT2D eigenvalue weighted by atomic mass is 9.98. The molecule has 0 unspecified atom stereocenters. The second-order valence-electron chi connectivity index (χ2n) is 8.25. The van der Waals surface area contributed by atoms with Crippen LogP contribution in [-0.4, -0.2) is 86.2 Å². The number of rotatable bonds is 6. The van der Waals surface area contributed by atoms with Crippen molar-refractivity contribution in [2.45, 2.75) is 42.3 Å². The first-order valence-electron chi connectivity index (χ1n) is 10.5. The number of ether oxygens (including phenoxy) is 1. The van der Waals surface area contributed by atoms with Gasteiger partial charge in [-0.25, -0.2) is 4.79 Å². The molecule has 1 fully saturated rings. The van der Waals surface area contributed by atoms with Crippen LogP contribution >= 0.6 is 11.8 Å².